The summed E-state index contributed by atoms with van der Waals surface area (Å²) in [7, 11) is -3.63. The lowest BCUT2D eigenvalue weighted by molar-refractivity contribution is -0.133. The second kappa shape index (κ2) is 9.50. The van der Waals surface area contributed by atoms with Gasteiger partial charge in [0, 0.05) is 49.6 Å². The summed E-state index contributed by atoms with van der Waals surface area (Å²) in [6.07, 6.45) is 4.24. The molecule has 2 aliphatic heterocycles. The molecule has 0 saturated carbocycles. The van der Waals surface area contributed by atoms with E-state index in [0.29, 0.717) is 13.0 Å². The van der Waals surface area contributed by atoms with Crippen LogP contribution in [0.3, 0.4) is 0 Å². The van der Waals surface area contributed by atoms with E-state index in [1.54, 1.807) is 23.1 Å². The van der Waals surface area contributed by atoms with E-state index in [1.165, 1.54) is 11.3 Å². The summed E-state index contributed by atoms with van der Waals surface area (Å²) < 4.78 is 27.9. The number of benzene rings is 1. The summed E-state index contributed by atoms with van der Waals surface area (Å²) in [6.45, 7) is 2.35. The molecule has 0 atom stereocenters. The summed E-state index contributed by atoms with van der Waals surface area (Å²) in [5.74, 6) is -0.0405. The molecule has 166 valence electrons. The lowest BCUT2D eigenvalue weighted by atomic mass is 10.1. The van der Waals surface area contributed by atoms with Crippen LogP contribution in [0.25, 0.3) is 0 Å². The molecule has 7 nitrogen and oxygen atoms in total. The molecule has 1 aromatic carbocycles. The number of nitrogens with one attached hydrogen (secondary N) is 1. The number of nitrogens with zero attached hydrogens (tertiary/aromatic N) is 2. The lowest BCUT2D eigenvalue weighted by Gasteiger charge is -2.27. The number of anilines is 1. The van der Waals surface area contributed by atoms with Gasteiger partial charge in [-0.2, -0.15) is 0 Å². The van der Waals surface area contributed by atoms with Crippen LogP contribution >= 0.6 is 11.3 Å². The van der Waals surface area contributed by atoms with Crippen molar-refractivity contribution in [1.82, 2.24) is 9.62 Å². The number of fused-ring (bicyclic) bond motifs is 1. The van der Waals surface area contributed by atoms with Gasteiger partial charge >= 0.3 is 0 Å². The van der Waals surface area contributed by atoms with Crippen LogP contribution < -0.4 is 9.62 Å². The molecule has 1 fully saturated rings. The van der Waals surface area contributed by atoms with Crippen LogP contribution in [0.15, 0.2) is 40.6 Å². The Morgan fingerprint density at radius 3 is 2.52 bits per heavy atom. The second-order valence-electron chi connectivity index (χ2n) is 7.93. The first-order valence-electron chi connectivity index (χ1n) is 10.7. The molecule has 1 N–H and O–H groups in total. The van der Waals surface area contributed by atoms with E-state index in [4.69, 9.17) is 0 Å². The van der Waals surface area contributed by atoms with Gasteiger partial charge in [-0.1, -0.05) is 6.07 Å². The number of carbonyl (C=O) groups is 2. The van der Waals surface area contributed by atoms with E-state index < -0.39 is 10.0 Å². The molecule has 3 heterocycles. The van der Waals surface area contributed by atoms with Crippen LogP contribution in [0.4, 0.5) is 5.69 Å². The van der Waals surface area contributed by atoms with E-state index in [0.717, 1.165) is 48.5 Å². The molecule has 1 saturated heterocycles. The van der Waals surface area contributed by atoms with Crippen molar-refractivity contribution >= 4 is 38.9 Å². The molecule has 2 aliphatic rings. The number of piperidine rings is 1. The molecule has 31 heavy (non-hydrogen) atoms. The molecule has 9 heteroatoms. The van der Waals surface area contributed by atoms with Crippen molar-refractivity contribution in [3.63, 3.8) is 0 Å². The predicted molar refractivity (Wildman–Crippen MR) is 121 cm³/mol. The van der Waals surface area contributed by atoms with Crippen LogP contribution in [0.2, 0.25) is 0 Å². The Morgan fingerprint density at radius 1 is 1.00 bits per heavy atom. The number of hydrogen-bond donors (Lipinski definition) is 1. The third-order valence-corrected chi connectivity index (χ3v) is 8.11. The van der Waals surface area contributed by atoms with Crippen molar-refractivity contribution < 1.29 is 18.0 Å². The predicted octanol–water partition coefficient (Wildman–Crippen LogP) is 2.91. The van der Waals surface area contributed by atoms with E-state index in [1.807, 2.05) is 22.4 Å². The number of carbonyl (C=O) groups excluding carboxylic acids is 2. The van der Waals surface area contributed by atoms with Crippen molar-refractivity contribution in [3.8, 4) is 0 Å². The number of thiophene rings is 1. The van der Waals surface area contributed by atoms with Crippen molar-refractivity contribution in [2.75, 3.05) is 24.5 Å². The maximum absolute atomic E-state index is 12.7. The van der Waals surface area contributed by atoms with Crippen molar-refractivity contribution in [3.05, 3.63) is 46.2 Å². The number of likely N-dealkylation sites (tertiary alicyclic amines) is 1. The first-order valence-corrected chi connectivity index (χ1v) is 13.0. The average Bonchev–Trinajstić information content (AvgIpc) is 3.46. The summed E-state index contributed by atoms with van der Waals surface area (Å²) in [5, 5.41) is 1.91. The highest BCUT2D eigenvalue weighted by atomic mass is 32.2. The zero-order chi connectivity index (χ0) is 21.8. The number of sulfonamides is 1. The number of amides is 2. The zero-order valence-corrected chi connectivity index (χ0v) is 19.0. The third kappa shape index (κ3) is 5.16. The molecule has 0 aliphatic carbocycles. The maximum atomic E-state index is 12.7. The van der Waals surface area contributed by atoms with Gasteiger partial charge in [-0.05, 0) is 60.9 Å². The van der Waals surface area contributed by atoms with Gasteiger partial charge in [0.2, 0.25) is 21.8 Å². The molecule has 0 spiro atoms. The Morgan fingerprint density at radius 2 is 1.77 bits per heavy atom. The molecule has 1 aromatic heterocycles. The SMILES string of the molecule is O=C(CCC(=O)N1CCc2cc(S(=O)(=O)NCc3cccs3)ccc21)N1CCCCC1. The molecular weight excluding hydrogens is 434 g/mol. The number of rotatable bonds is 7. The fourth-order valence-corrected chi connectivity index (χ4v) is 5.91. The Labute approximate surface area is 187 Å². The topological polar surface area (TPSA) is 86.8 Å². The van der Waals surface area contributed by atoms with Crippen molar-refractivity contribution in [1.29, 1.82) is 0 Å². The van der Waals surface area contributed by atoms with Crippen LogP contribution in [0.1, 0.15) is 42.5 Å². The standard InChI is InChI=1S/C22H27N3O4S2/c26-21(24-11-2-1-3-12-24)8-9-22(27)25-13-10-17-15-19(6-7-20(17)25)31(28,29)23-16-18-5-4-14-30-18/h4-7,14-15,23H,1-3,8-13,16H2. The molecule has 2 amide bonds. The second-order valence-corrected chi connectivity index (χ2v) is 10.7. The molecule has 2 aromatic rings. The first-order chi connectivity index (χ1) is 14.9. The van der Waals surface area contributed by atoms with Gasteiger partial charge in [0.25, 0.3) is 0 Å². The summed E-state index contributed by atoms with van der Waals surface area (Å²) in [4.78, 5) is 29.8. The van der Waals surface area contributed by atoms with Gasteiger partial charge in [-0.3, -0.25) is 9.59 Å². The fourth-order valence-electron chi connectivity index (χ4n) is 4.12. The van der Waals surface area contributed by atoms with Crippen LogP contribution in [-0.4, -0.2) is 44.8 Å². The fraction of sp³-hybridized carbons (Fsp3) is 0.455. The van der Waals surface area contributed by atoms with Gasteiger partial charge in [-0.15, -0.1) is 11.3 Å². The van der Waals surface area contributed by atoms with Gasteiger partial charge < -0.3 is 9.80 Å². The highest BCUT2D eigenvalue weighted by Crippen LogP contribution is 2.31. The van der Waals surface area contributed by atoms with Gasteiger partial charge in [0.15, 0.2) is 0 Å². The largest absolute Gasteiger partial charge is 0.343 e. The minimum atomic E-state index is -3.63. The van der Waals surface area contributed by atoms with Gasteiger partial charge in [-0.25, -0.2) is 13.1 Å². The maximum Gasteiger partial charge on any atom is 0.240 e. The Bertz CT molecular complexity index is 1040. The molecule has 0 bridgehead atoms. The summed E-state index contributed by atoms with van der Waals surface area (Å²) >= 11 is 1.50. The Balaban J connectivity index is 1.37. The van der Waals surface area contributed by atoms with Crippen LogP contribution in [0.5, 0.6) is 0 Å². The van der Waals surface area contributed by atoms with Gasteiger partial charge in [0.05, 0.1) is 4.90 Å². The van der Waals surface area contributed by atoms with E-state index >= 15 is 0 Å². The first kappa shape index (κ1) is 22.0. The normalized spacial score (nSPS) is 16.4. The van der Waals surface area contributed by atoms with Crippen molar-refractivity contribution in [2.24, 2.45) is 0 Å². The minimum Gasteiger partial charge on any atom is -0.343 e. The van der Waals surface area contributed by atoms with Crippen molar-refractivity contribution in [2.45, 2.75) is 50.0 Å². The van der Waals surface area contributed by atoms with E-state index in [-0.39, 0.29) is 36.1 Å². The van der Waals surface area contributed by atoms with Crippen LogP contribution in [0, 0.1) is 0 Å². The quantitative estimate of drug-likeness (QED) is 0.687. The monoisotopic (exact) mass is 461 g/mol. The Kier molecular flexibility index (Phi) is 6.74. The minimum absolute atomic E-state index is 0.0470. The average molecular weight is 462 g/mol. The molecule has 4 rings (SSSR count). The van der Waals surface area contributed by atoms with E-state index in [9.17, 15) is 18.0 Å². The summed E-state index contributed by atoms with van der Waals surface area (Å²) in [6, 6.07) is 8.66. The smallest absolute Gasteiger partial charge is 0.240 e. The molecule has 0 radical (unpaired) electrons. The highest BCUT2D eigenvalue weighted by molar-refractivity contribution is 7.89. The zero-order valence-electron chi connectivity index (χ0n) is 17.4. The van der Waals surface area contributed by atoms with Gasteiger partial charge in [0.1, 0.15) is 0 Å². The summed E-state index contributed by atoms with van der Waals surface area (Å²) in [5.41, 5.74) is 1.59. The highest BCUT2D eigenvalue weighted by Gasteiger charge is 2.27. The molecule has 0 unspecified atom stereocenters. The third-order valence-electron chi connectivity index (χ3n) is 5.84. The Hall–Kier alpha value is -2.23. The number of hydrogen-bond acceptors (Lipinski definition) is 5. The van der Waals surface area contributed by atoms with E-state index in [2.05, 4.69) is 4.72 Å². The molecular formula is C22H27N3O4S2. The lowest BCUT2D eigenvalue weighted by Crippen LogP contribution is -2.37. The van der Waals surface area contributed by atoms with Crippen LogP contribution in [-0.2, 0) is 32.6 Å².